The first-order valence-corrected chi connectivity index (χ1v) is 9.33. The molecule has 2 aliphatic heterocycles. The number of carbonyl (C=O) groups excluding carboxylic acids is 1. The highest BCUT2D eigenvalue weighted by atomic mass is 19.1. The van der Waals surface area contributed by atoms with Crippen LogP contribution < -0.4 is 14.4 Å². The van der Waals surface area contributed by atoms with E-state index in [1.165, 1.54) is 18.2 Å². The molecule has 0 N–H and O–H groups in total. The van der Waals surface area contributed by atoms with Crippen LogP contribution in [-0.4, -0.2) is 43.8 Å². The van der Waals surface area contributed by atoms with Crippen LogP contribution in [0.2, 0.25) is 0 Å². The highest BCUT2D eigenvalue weighted by Gasteiger charge is 2.21. The largest absolute Gasteiger partial charge is 0.454 e. The van der Waals surface area contributed by atoms with Crippen LogP contribution in [0.4, 0.5) is 14.5 Å². The normalized spacial score (nSPS) is 16.2. The molecule has 4 rings (SSSR count). The van der Waals surface area contributed by atoms with Gasteiger partial charge in [-0.15, -0.1) is 0 Å². The zero-order valence-electron chi connectivity index (χ0n) is 15.7. The summed E-state index contributed by atoms with van der Waals surface area (Å²) in [7, 11) is 0. The number of hydrogen-bond donors (Lipinski definition) is 0. The molecule has 7 heteroatoms. The van der Waals surface area contributed by atoms with E-state index in [9.17, 15) is 13.6 Å². The third kappa shape index (κ3) is 4.39. The summed E-state index contributed by atoms with van der Waals surface area (Å²) in [6, 6.07) is 9.19. The fourth-order valence-corrected chi connectivity index (χ4v) is 3.33. The van der Waals surface area contributed by atoms with Gasteiger partial charge in [0.15, 0.2) is 11.5 Å². The van der Waals surface area contributed by atoms with E-state index in [1.807, 2.05) is 29.2 Å². The second-order valence-electron chi connectivity index (χ2n) is 6.74. The van der Waals surface area contributed by atoms with E-state index in [0.29, 0.717) is 37.6 Å². The van der Waals surface area contributed by atoms with Gasteiger partial charge in [0.1, 0.15) is 11.6 Å². The van der Waals surface area contributed by atoms with Crippen LogP contribution in [0.3, 0.4) is 0 Å². The van der Waals surface area contributed by atoms with Crippen molar-refractivity contribution < 1.29 is 23.0 Å². The number of anilines is 1. The molecule has 1 amide bonds. The van der Waals surface area contributed by atoms with Gasteiger partial charge in [-0.1, -0.05) is 24.3 Å². The fourth-order valence-electron chi connectivity index (χ4n) is 3.33. The van der Waals surface area contributed by atoms with Gasteiger partial charge in [0.25, 0.3) is 0 Å². The number of allylic oxidation sites excluding steroid dienone is 2. The number of carbonyl (C=O) groups is 1. The Bertz CT molecular complexity index is 967. The van der Waals surface area contributed by atoms with E-state index in [0.717, 1.165) is 17.4 Å². The van der Waals surface area contributed by atoms with Crippen molar-refractivity contribution in [2.45, 2.75) is 0 Å². The summed E-state index contributed by atoms with van der Waals surface area (Å²) in [6.07, 6.45) is 6.87. The molecule has 0 unspecified atom stereocenters. The van der Waals surface area contributed by atoms with Gasteiger partial charge in [-0.2, -0.15) is 0 Å². The third-order valence-electron chi connectivity index (χ3n) is 4.88. The van der Waals surface area contributed by atoms with E-state index >= 15 is 0 Å². The molecule has 2 aromatic carbocycles. The Balaban J connectivity index is 1.29. The summed E-state index contributed by atoms with van der Waals surface area (Å²) in [6.45, 7) is 2.18. The van der Waals surface area contributed by atoms with Crippen LogP contribution in [0, 0.1) is 11.6 Å². The first-order valence-electron chi connectivity index (χ1n) is 9.33. The van der Waals surface area contributed by atoms with Gasteiger partial charge in [-0.3, -0.25) is 4.79 Å². The van der Waals surface area contributed by atoms with Crippen molar-refractivity contribution in [2.24, 2.45) is 0 Å². The first-order chi connectivity index (χ1) is 14.1. The molecule has 0 atom stereocenters. The van der Waals surface area contributed by atoms with Crippen LogP contribution >= 0.6 is 0 Å². The number of rotatable bonds is 4. The molecular formula is C22H20F2N2O3. The van der Waals surface area contributed by atoms with Crippen molar-refractivity contribution in [1.29, 1.82) is 0 Å². The molecule has 1 saturated heterocycles. The van der Waals surface area contributed by atoms with Gasteiger partial charge in [-0.05, 0) is 29.8 Å². The number of nitrogens with zero attached hydrogens (tertiary/aromatic N) is 2. The number of amides is 1. The summed E-state index contributed by atoms with van der Waals surface area (Å²) < 4.78 is 37.6. The van der Waals surface area contributed by atoms with Crippen molar-refractivity contribution in [3.05, 3.63) is 71.8 Å². The molecule has 0 aliphatic carbocycles. The summed E-state index contributed by atoms with van der Waals surface area (Å²) in [5.41, 5.74) is 1.31. The molecule has 1 fully saturated rings. The minimum Gasteiger partial charge on any atom is -0.454 e. The lowest BCUT2D eigenvalue weighted by Crippen LogP contribution is -2.48. The Kier molecular flexibility index (Phi) is 5.46. The average molecular weight is 398 g/mol. The molecule has 5 nitrogen and oxygen atoms in total. The number of benzene rings is 2. The molecular weight excluding hydrogens is 378 g/mol. The van der Waals surface area contributed by atoms with Crippen LogP contribution in [0.1, 0.15) is 5.56 Å². The average Bonchev–Trinajstić information content (AvgIpc) is 3.19. The Morgan fingerprint density at radius 1 is 0.931 bits per heavy atom. The lowest BCUT2D eigenvalue weighted by Gasteiger charge is -2.35. The Hall–Kier alpha value is -3.35. The lowest BCUT2D eigenvalue weighted by molar-refractivity contribution is -0.126. The summed E-state index contributed by atoms with van der Waals surface area (Å²) in [5.74, 6) is 0.159. The maximum Gasteiger partial charge on any atom is 0.246 e. The van der Waals surface area contributed by atoms with Crippen LogP contribution in [0.5, 0.6) is 11.5 Å². The second-order valence-corrected chi connectivity index (χ2v) is 6.74. The maximum absolute atomic E-state index is 13.9. The summed E-state index contributed by atoms with van der Waals surface area (Å²) in [4.78, 5) is 15.9. The van der Waals surface area contributed by atoms with Crippen LogP contribution in [0.25, 0.3) is 6.08 Å². The standard InChI is InChI=1S/C22H20F2N2O3/c23-17-6-7-19(18(24)14-17)25-9-11-26(12-10-25)22(27)4-2-1-3-16-5-8-20-21(13-16)29-15-28-20/h1-8,13-14H,9-12,15H2/b3-1+,4-2+. The van der Waals surface area contributed by atoms with Crippen molar-refractivity contribution in [3.8, 4) is 11.5 Å². The number of halogens is 2. The first kappa shape index (κ1) is 19.0. The third-order valence-corrected chi connectivity index (χ3v) is 4.88. The number of piperazine rings is 1. The molecule has 150 valence electrons. The van der Waals surface area contributed by atoms with E-state index in [-0.39, 0.29) is 12.7 Å². The second kappa shape index (κ2) is 8.34. The Morgan fingerprint density at radius 3 is 2.52 bits per heavy atom. The highest BCUT2D eigenvalue weighted by molar-refractivity contribution is 5.88. The van der Waals surface area contributed by atoms with E-state index in [4.69, 9.17) is 9.47 Å². The number of fused-ring (bicyclic) bond motifs is 1. The van der Waals surface area contributed by atoms with Gasteiger partial charge >= 0.3 is 0 Å². The maximum atomic E-state index is 13.9. The monoisotopic (exact) mass is 398 g/mol. The predicted molar refractivity (Wildman–Crippen MR) is 106 cm³/mol. The van der Waals surface area contributed by atoms with E-state index < -0.39 is 11.6 Å². The van der Waals surface area contributed by atoms with Crippen molar-refractivity contribution >= 4 is 17.7 Å². The summed E-state index contributed by atoms with van der Waals surface area (Å²) >= 11 is 0. The molecule has 0 aromatic heterocycles. The van der Waals surface area contributed by atoms with Gasteiger partial charge < -0.3 is 19.3 Å². The minimum absolute atomic E-state index is 0.0976. The predicted octanol–water partition coefficient (Wildman–Crippen LogP) is 3.61. The molecule has 2 aliphatic rings. The van der Waals surface area contributed by atoms with Crippen LogP contribution in [0.15, 0.2) is 54.6 Å². The smallest absolute Gasteiger partial charge is 0.246 e. The van der Waals surface area contributed by atoms with Crippen molar-refractivity contribution in [2.75, 3.05) is 37.9 Å². The van der Waals surface area contributed by atoms with E-state index in [1.54, 1.807) is 17.1 Å². The zero-order valence-corrected chi connectivity index (χ0v) is 15.7. The van der Waals surface area contributed by atoms with E-state index in [2.05, 4.69) is 0 Å². The van der Waals surface area contributed by atoms with Crippen molar-refractivity contribution in [3.63, 3.8) is 0 Å². The molecule has 0 spiro atoms. The molecule has 0 saturated carbocycles. The van der Waals surface area contributed by atoms with Crippen molar-refractivity contribution in [1.82, 2.24) is 4.90 Å². The SMILES string of the molecule is O=C(/C=C/C=C/c1ccc2c(c1)OCO2)N1CCN(c2ccc(F)cc2F)CC1. The topological polar surface area (TPSA) is 42.0 Å². The Labute approximate surface area is 167 Å². The Morgan fingerprint density at radius 2 is 1.72 bits per heavy atom. The molecule has 2 aromatic rings. The van der Waals surface area contributed by atoms with Gasteiger partial charge in [0, 0.05) is 38.3 Å². The minimum atomic E-state index is -0.598. The van der Waals surface area contributed by atoms with Gasteiger partial charge in [-0.25, -0.2) is 8.78 Å². The van der Waals surface area contributed by atoms with Gasteiger partial charge in [0.2, 0.25) is 12.7 Å². The van der Waals surface area contributed by atoms with Gasteiger partial charge in [0.05, 0.1) is 5.69 Å². The number of ether oxygens (including phenoxy) is 2. The molecule has 2 heterocycles. The molecule has 0 radical (unpaired) electrons. The highest BCUT2D eigenvalue weighted by Crippen LogP contribution is 2.32. The van der Waals surface area contributed by atoms with Crippen LogP contribution in [-0.2, 0) is 4.79 Å². The lowest BCUT2D eigenvalue weighted by atomic mass is 10.2. The summed E-state index contributed by atoms with van der Waals surface area (Å²) in [5, 5.41) is 0. The fraction of sp³-hybridized carbons (Fsp3) is 0.227. The molecule has 0 bridgehead atoms. The molecule has 29 heavy (non-hydrogen) atoms. The quantitative estimate of drug-likeness (QED) is 0.583. The zero-order chi connectivity index (χ0) is 20.2. The number of hydrogen-bond acceptors (Lipinski definition) is 4.